The Morgan fingerprint density at radius 3 is 2.72 bits per heavy atom. The van der Waals surface area contributed by atoms with E-state index in [1.54, 1.807) is 11.3 Å². The molecule has 1 aromatic heterocycles. The summed E-state index contributed by atoms with van der Waals surface area (Å²) in [6.45, 7) is 1.62. The Kier molecular flexibility index (Phi) is 5.60. The molecule has 2 atom stereocenters. The van der Waals surface area contributed by atoms with Crippen molar-refractivity contribution >= 4 is 23.3 Å². The molecule has 0 aliphatic carbocycles. The fourth-order valence-electron chi connectivity index (χ4n) is 1.35. The van der Waals surface area contributed by atoms with Crippen molar-refractivity contribution in [3.63, 3.8) is 0 Å². The number of rotatable bonds is 6. The van der Waals surface area contributed by atoms with E-state index in [0.29, 0.717) is 0 Å². The number of carboxylic acid groups (broad SMARTS) is 1. The number of carbonyl (C=O) groups is 2. The fourth-order valence-corrected chi connectivity index (χ4v) is 2.21. The Labute approximate surface area is 109 Å². The topological polar surface area (TPSA) is 98.7 Å². The molecule has 7 heteroatoms. The molecule has 2 amide bonds. The van der Waals surface area contributed by atoms with Crippen LogP contribution < -0.4 is 10.6 Å². The zero-order valence-corrected chi connectivity index (χ0v) is 10.7. The van der Waals surface area contributed by atoms with Gasteiger partial charge in [0.25, 0.3) is 0 Å². The minimum absolute atomic E-state index is 0.105. The van der Waals surface area contributed by atoms with Crippen molar-refractivity contribution in [1.29, 1.82) is 0 Å². The van der Waals surface area contributed by atoms with Crippen molar-refractivity contribution in [1.82, 2.24) is 10.6 Å². The number of carboxylic acids is 1. The summed E-state index contributed by atoms with van der Waals surface area (Å²) in [6.07, 6.45) is -0.854. The second-order valence-corrected chi connectivity index (χ2v) is 4.66. The van der Waals surface area contributed by atoms with Gasteiger partial charge >= 0.3 is 12.0 Å². The molecule has 0 bridgehead atoms. The molecular formula is C11H16N2O4S. The van der Waals surface area contributed by atoms with Gasteiger partial charge in [0.15, 0.2) is 6.10 Å². The molecule has 1 aromatic rings. The van der Waals surface area contributed by atoms with Gasteiger partial charge in [0.2, 0.25) is 0 Å². The minimum atomic E-state index is -1.59. The number of aliphatic hydroxyl groups excluding tert-OH is 1. The van der Waals surface area contributed by atoms with Crippen LogP contribution in [0, 0.1) is 0 Å². The molecule has 2 unspecified atom stereocenters. The first-order chi connectivity index (χ1) is 8.54. The van der Waals surface area contributed by atoms with Gasteiger partial charge in [0.05, 0.1) is 12.6 Å². The van der Waals surface area contributed by atoms with E-state index < -0.39 is 18.1 Å². The third kappa shape index (κ3) is 4.34. The van der Waals surface area contributed by atoms with Crippen LogP contribution in [0.5, 0.6) is 0 Å². The summed E-state index contributed by atoms with van der Waals surface area (Å²) in [5.41, 5.74) is 0. The molecule has 1 rings (SSSR count). The Morgan fingerprint density at radius 1 is 1.50 bits per heavy atom. The van der Waals surface area contributed by atoms with E-state index in [1.165, 1.54) is 0 Å². The van der Waals surface area contributed by atoms with E-state index in [2.05, 4.69) is 10.6 Å². The van der Waals surface area contributed by atoms with Crippen molar-refractivity contribution in [3.8, 4) is 0 Å². The summed E-state index contributed by atoms with van der Waals surface area (Å²) in [6, 6.07) is 3.23. The van der Waals surface area contributed by atoms with Gasteiger partial charge in [-0.2, -0.15) is 0 Å². The number of aliphatic carboxylic acids is 1. The number of carbonyl (C=O) groups excluding carboxylic acids is 1. The largest absolute Gasteiger partial charge is 0.479 e. The third-order valence-corrected chi connectivity index (χ3v) is 3.33. The lowest BCUT2D eigenvalue weighted by Gasteiger charge is -2.16. The lowest BCUT2D eigenvalue weighted by molar-refractivity contribution is -0.146. The number of thiophene rings is 1. The summed E-state index contributed by atoms with van der Waals surface area (Å²) in [7, 11) is 0. The summed E-state index contributed by atoms with van der Waals surface area (Å²) in [5.74, 6) is -1.36. The number of nitrogens with one attached hydrogen (secondary N) is 2. The summed E-state index contributed by atoms with van der Waals surface area (Å²) in [4.78, 5) is 22.9. The molecule has 1 heterocycles. The molecule has 0 saturated carbocycles. The first-order valence-corrected chi connectivity index (χ1v) is 6.41. The maximum atomic E-state index is 11.5. The zero-order chi connectivity index (χ0) is 13.5. The van der Waals surface area contributed by atoms with Crippen molar-refractivity contribution < 1.29 is 19.8 Å². The Bertz CT molecular complexity index is 394. The van der Waals surface area contributed by atoms with Gasteiger partial charge in [-0.15, -0.1) is 11.3 Å². The minimum Gasteiger partial charge on any atom is -0.479 e. The van der Waals surface area contributed by atoms with Crippen LogP contribution in [-0.2, 0) is 4.79 Å². The van der Waals surface area contributed by atoms with Crippen molar-refractivity contribution in [3.05, 3.63) is 22.4 Å². The van der Waals surface area contributed by atoms with Gasteiger partial charge in [-0.3, -0.25) is 0 Å². The fraction of sp³-hybridized carbons (Fsp3) is 0.455. The van der Waals surface area contributed by atoms with Crippen molar-refractivity contribution in [2.24, 2.45) is 0 Å². The molecule has 18 heavy (non-hydrogen) atoms. The van der Waals surface area contributed by atoms with Gasteiger partial charge in [-0.1, -0.05) is 13.0 Å². The van der Waals surface area contributed by atoms with Crippen LogP contribution in [0.25, 0.3) is 0 Å². The first-order valence-electron chi connectivity index (χ1n) is 5.53. The van der Waals surface area contributed by atoms with E-state index >= 15 is 0 Å². The summed E-state index contributed by atoms with van der Waals surface area (Å²) in [5, 5.41) is 24.4. The van der Waals surface area contributed by atoms with E-state index in [9.17, 15) is 9.59 Å². The SMILES string of the molecule is CCC(NC(=O)NCC(O)C(=O)O)c1cccs1. The highest BCUT2D eigenvalue weighted by atomic mass is 32.1. The Morgan fingerprint density at radius 2 is 2.22 bits per heavy atom. The van der Waals surface area contributed by atoms with Gasteiger partial charge in [-0.05, 0) is 17.9 Å². The molecular weight excluding hydrogens is 256 g/mol. The average Bonchev–Trinajstić information content (AvgIpc) is 2.86. The van der Waals surface area contributed by atoms with Crippen molar-refractivity contribution in [2.45, 2.75) is 25.5 Å². The molecule has 0 radical (unpaired) electrons. The highest BCUT2D eigenvalue weighted by Crippen LogP contribution is 2.21. The first kappa shape index (κ1) is 14.5. The van der Waals surface area contributed by atoms with E-state index in [4.69, 9.17) is 10.2 Å². The molecule has 100 valence electrons. The molecule has 0 aromatic carbocycles. The number of hydrogen-bond donors (Lipinski definition) is 4. The van der Waals surface area contributed by atoms with Crippen LogP contribution in [-0.4, -0.2) is 34.9 Å². The Balaban J connectivity index is 2.41. The predicted molar refractivity (Wildman–Crippen MR) is 67.5 cm³/mol. The normalized spacial score (nSPS) is 13.7. The lowest BCUT2D eigenvalue weighted by atomic mass is 10.2. The molecule has 0 saturated heterocycles. The van der Waals surface area contributed by atoms with Crippen LogP contribution >= 0.6 is 11.3 Å². The van der Waals surface area contributed by atoms with E-state index in [0.717, 1.165) is 11.3 Å². The molecule has 0 aliphatic heterocycles. The standard InChI is InChI=1S/C11H16N2O4S/c1-2-7(9-4-3-5-18-9)13-11(17)12-6-8(14)10(15)16/h3-5,7-8,14H,2,6H2,1H3,(H,15,16)(H2,12,13,17). The zero-order valence-electron chi connectivity index (χ0n) is 9.92. The number of hydrogen-bond acceptors (Lipinski definition) is 4. The number of amides is 2. The smallest absolute Gasteiger partial charge is 0.334 e. The van der Waals surface area contributed by atoms with Crippen LogP contribution in [0.1, 0.15) is 24.3 Å². The maximum absolute atomic E-state index is 11.5. The second-order valence-electron chi connectivity index (χ2n) is 3.68. The van der Waals surface area contributed by atoms with Crippen LogP contribution in [0.2, 0.25) is 0 Å². The number of aliphatic hydroxyl groups is 1. The molecule has 6 nitrogen and oxygen atoms in total. The summed E-state index contributed by atoms with van der Waals surface area (Å²) >= 11 is 1.54. The molecule has 0 fully saturated rings. The van der Waals surface area contributed by atoms with Gasteiger partial charge in [0.1, 0.15) is 0 Å². The number of urea groups is 1. The Hall–Kier alpha value is -1.60. The highest BCUT2D eigenvalue weighted by Gasteiger charge is 2.16. The van der Waals surface area contributed by atoms with Gasteiger partial charge in [-0.25, -0.2) is 9.59 Å². The van der Waals surface area contributed by atoms with Gasteiger partial charge < -0.3 is 20.8 Å². The lowest BCUT2D eigenvalue weighted by Crippen LogP contribution is -2.43. The quantitative estimate of drug-likeness (QED) is 0.619. The highest BCUT2D eigenvalue weighted by molar-refractivity contribution is 7.10. The third-order valence-electron chi connectivity index (χ3n) is 2.34. The molecule has 0 aliphatic rings. The maximum Gasteiger partial charge on any atom is 0.334 e. The summed E-state index contributed by atoms with van der Waals surface area (Å²) < 4.78 is 0. The molecule has 4 N–H and O–H groups in total. The van der Waals surface area contributed by atoms with E-state index in [-0.39, 0.29) is 12.6 Å². The average molecular weight is 272 g/mol. The van der Waals surface area contributed by atoms with Crippen LogP contribution in [0.3, 0.4) is 0 Å². The van der Waals surface area contributed by atoms with Crippen LogP contribution in [0.15, 0.2) is 17.5 Å². The van der Waals surface area contributed by atoms with Crippen LogP contribution in [0.4, 0.5) is 4.79 Å². The molecule has 0 spiro atoms. The second kappa shape index (κ2) is 6.97. The van der Waals surface area contributed by atoms with Gasteiger partial charge in [0, 0.05) is 4.88 Å². The monoisotopic (exact) mass is 272 g/mol. The predicted octanol–water partition coefficient (Wildman–Crippen LogP) is 0.944. The van der Waals surface area contributed by atoms with E-state index in [1.807, 2.05) is 24.4 Å². The van der Waals surface area contributed by atoms with Crippen molar-refractivity contribution in [2.75, 3.05) is 6.54 Å².